The highest BCUT2D eigenvalue weighted by Crippen LogP contribution is 2.32. The van der Waals surface area contributed by atoms with E-state index >= 15 is 0 Å². The molecule has 1 atom stereocenters. The second-order valence-corrected chi connectivity index (χ2v) is 4.91. The predicted molar refractivity (Wildman–Crippen MR) is 69.8 cm³/mol. The summed E-state index contributed by atoms with van der Waals surface area (Å²) in [6, 6.07) is 4.84. The first-order chi connectivity index (χ1) is 9.90. The van der Waals surface area contributed by atoms with Gasteiger partial charge in [0, 0.05) is 26.7 Å². The zero-order valence-electron chi connectivity index (χ0n) is 11.5. The smallest absolute Gasteiger partial charge is 0.381 e. The van der Waals surface area contributed by atoms with Crippen molar-refractivity contribution in [3.05, 3.63) is 29.3 Å². The van der Waals surface area contributed by atoms with E-state index in [1.165, 1.54) is 6.07 Å². The van der Waals surface area contributed by atoms with Crippen LogP contribution in [0.2, 0.25) is 0 Å². The van der Waals surface area contributed by atoms with E-state index in [2.05, 4.69) is 5.32 Å². The number of hydrogen-bond donors (Lipinski definition) is 1. The first kappa shape index (κ1) is 15.6. The van der Waals surface area contributed by atoms with Gasteiger partial charge in [-0.25, -0.2) is 0 Å². The molecule has 0 radical (unpaired) electrons. The van der Waals surface area contributed by atoms with Crippen LogP contribution in [0, 0.1) is 11.3 Å². The fourth-order valence-corrected chi connectivity index (χ4v) is 2.18. The maximum atomic E-state index is 12.6. The molecule has 21 heavy (non-hydrogen) atoms. The third-order valence-electron chi connectivity index (χ3n) is 3.57. The van der Waals surface area contributed by atoms with Gasteiger partial charge in [-0.05, 0) is 18.2 Å². The molecule has 114 valence electrons. The fraction of sp³-hybridized carbons (Fsp3) is 0.500. The summed E-state index contributed by atoms with van der Waals surface area (Å²) in [4.78, 5) is 0. The van der Waals surface area contributed by atoms with Gasteiger partial charge < -0.3 is 14.8 Å². The number of anilines is 1. The van der Waals surface area contributed by atoms with Gasteiger partial charge >= 0.3 is 6.18 Å². The van der Waals surface area contributed by atoms with Crippen molar-refractivity contribution in [2.75, 3.05) is 32.2 Å². The van der Waals surface area contributed by atoms with Gasteiger partial charge in [-0.1, -0.05) is 0 Å². The Morgan fingerprint density at radius 3 is 2.76 bits per heavy atom. The Labute approximate surface area is 120 Å². The van der Waals surface area contributed by atoms with Crippen molar-refractivity contribution in [1.82, 2.24) is 0 Å². The van der Waals surface area contributed by atoms with Crippen LogP contribution in [0.15, 0.2) is 18.2 Å². The van der Waals surface area contributed by atoms with Crippen LogP contribution in [0.1, 0.15) is 17.5 Å². The van der Waals surface area contributed by atoms with E-state index in [1.807, 2.05) is 0 Å². The van der Waals surface area contributed by atoms with Gasteiger partial charge in [0.05, 0.1) is 23.4 Å². The Morgan fingerprint density at radius 1 is 1.48 bits per heavy atom. The van der Waals surface area contributed by atoms with Crippen LogP contribution in [-0.2, 0) is 15.7 Å². The molecule has 0 spiro atoms. The van der Waals surface area contributed by atoms with Gasteiger partial charge in [0.1, 0.15) is 11.7 Å². The van der Waals surface area contributed by atoms with Crippen LogP contribution in [0.4, 0.5) is 18.9 Å². The molecule has 2 rings (SSSR count). The van der Waals surface area contributed by atoms with Crippen LogP contribution in [0.3, 0.4) is 0 Å². The highest BCUT2D eigenvalue weighted by Gasteiger charge is 2.35. The number of methoxy groups -OCH3 is 1. The van der Waals surface area contributed by atoms with Gasteiger partial charge in [0.2, 0.25) is 0 Å². The summed E-state index contributed by atoms with van der Waals surface area (Å²) in [7, 11) is 1.56. The molecular formula is C14H15F3N2O2. The SMILES string of the molecule is COC1(CNc2ccc(C(F)(F)F)cc2C#N)CCOC1. The van der Waals surface area contributed by atoms with Gasteiger partial charge in [-0.15, -0.1) is 0 Å². The lowest BCUT2D eigenvalue weighted by molar-refractivity contribution is -0.137. The molecule has 0 amide bonds. The van der Waals surface area contributed by atoms with Gasteiger partial charge in [-0.2, -0.15) is 18.4 Å². The molecule has 7 heteroatoms. The lowest BCUT2D eigenvalue weighted by Crippen LogP contribution is -2.39. The summed E-state index contributed by atoms with van der Waals surface area (Å²) < 4.78 is 48.6. The first-order valence-corrected chi connectivity index (χ1v) is 6.38. The molecular weight excluding hydrogens is 285 g/mol. The topological polar surface area (TPSA) is 54.3 Å². The number of alkyl halides is 3. The molecule has 1 fully saturated rings. The predicted octanol–water partition coefficient (Wildman–Crippen LogP) is 2.79. The van der Waals surface area contributed by atoms with E-state index in [9.17, 15) is 13.2 Å². The maximum Gasteiger partial charge on any atom is 0.416 e. The van der Waals surface area contributed by atoms with Crippen LogP contribution in [0.5, 0.6) is 0 Å². The molecule has 0 aliphatic carbocycles. The number of hydrogen-bond acceptors (Lipinski definition) is 4. The van der Waals surface area contributed by atoms with Crippen LogP contribution < -0.4 is 5.32 Å². The lowest BCUT2D eigenvalue weighted by Gasteiger charge is -2.26. The largest absolute Gasteiger partial charge is 0.416 e. The Hall–Kier alpha value is -1.78. The zero-order chi connectivity index (χ0) is 15.5. The van der Waals surface area contributed by atoms with E-state index in [0.29, 0.717) is 31.9 Å². The highest BCUT2D eigenvalue weighted by atomic mass is 19.4. The van der Waals surface area contributed by atoms with E-state index in [1.54, 1.807) is 13.2 Å². The van der Waals surface area contributed by atoms with Gasteiger partial charge in [-0.3, -0.25) is 0 Å². The standard InChI is InChI=1S/C14H15F3N2O2/c1-20-13(4-5-21-9-13)8-19-12-3-2-11(14(15,16)17)6-10(12)7-18/h2-3,6,19H,4-5,8-9H2,1H3. The normalized spacial score (nSPS) is 22.0. The molecule has 1 N–H and O–H groups in total. The van der Waals surface area contributed by atoms with Crippen molar-refractivity contribution in [3.63, 3.8) is 0 Å². The highest BCUT2D eigenvalue weighted by molar-refractivity contribution is 5.59. The van der Waals surface area contributed by atoms with Crippen molar-refractivity contribution < 1.29 is 22.6 Å². The van der Waals surface area contributed by atoms with E-state index < -0.39 is 17.3 Å². The van der Waals surface area contributed by atoms with Crippen molar-refractivity contribution in [2.45, 2.75) is 18.2 Å². The quantitative estimate of drug-likeness (QED) is 0.929. The van der Waals surface area contributed by atoms with Crippen molar-refractivity contribution in [3.8, 4) is 6.07 Å². The molecule has 1 saturated heterocycles. The van der Waals surface area contributed by atoms with Crippen molar-refractivity contribution in [1.29, 1.82) is 5.26 Å². The van der Waals surface area contributed by atoms with E-state index in [4.69, 9.17) is 14.7 Å². The Morgan fingerprint density at radius 2 is 2.24 bits per heavy atom. The van der Waals surface area contributed by atoms with Crippen LogP contribution >= 0.6 is 0 Å². The summed E-state index contributed by atoms with van der Waals surface area (Å²) >= 11 is 0. The molecule has 0 bridgehead atoms. The molecule has 1 unspecified atom stereocenters. The number of rotatable bonds is 4. The Kier molecular flexibility index (Phi) is 4.40. The third kappa shape index (κ3) is 3.46. The van der Waals surface area contributed by atoms with Gasteiger partial charge in [0.25, 0.3) is 0 Å². The average molecular weight is 300 g/mol. The second-order valence-electron chi connectivity index (χ2n) is 4.91. The summed E-state index contributed by atoms with van der Waals surface area (Å²) in [6.45, 7) is 1.36. The minimum absolute atomic E-state index is 0.0463. The van der Waals surface area contributed by atoms with Crippen molar-refractivity contribution in [2.24, 2.45) is 0 Å². The molecule has 1 aliphatic rings. The molecule has 1 aromatic rings. The summed E-state index contributed by atoms with van der Waals surface area (Å²) in [5.74, 6) is 0. The minimum Gasteiger partial charge on any atom is -0.381 e. The number of nitrogens with zero attached hydrogens (tertiary/aromatic N) is 1. The fourth-order valence-electron chi connectivity index (χ4n) is 2.18. The lowest BCUT2D eigenvalue weighted by atomic mass is 10.0. The van der Waals surface area contributed by atoms with Crippen molar-refractivity contribution >= 4 is 5.69 Å². The minimum atomic E-state index is -4.46. The van der Waals surface area contributed by atoms with E-state index in [0.717, 1.165) is 12.1 Å². The van der Waals surface area contributed by atoms with Crippen LogP contribution in [-0.4, -0.2) is 32.5 Å². The molecule has 1 aliphatic heterocycles. The molecule has 1 aromatic carbocycles. The summed E-state index contributed by atoms with van der Waals surface area (Å²) in [6.07, 6.45) is -3.77. The third-order valence-corrected chi connectivity index (χ3v) is 3.57. The molecule has 1 heterocycles. The number of halogens is 3. The summed E-state index contributed by atoms with van der Waals surface area (Å²) in [5.41, 5.74) is -1.03. The Bertz CT molecular complexity index is 546. The zero-order valence-corrected chi connectivity index (χ0v) is 11.5. The average Bonchev–Trinajstić information content (AvgIpc) is 2.93. The molecule has 4 nitrogen and oxygen atoms in total. The number of nitrogens with one attached hydrogen (secondary N) is 1. The Balaban J connectivity index is 2.15. The molecule has 0 aromatic heterocycles. The number of benzene rings is 1. The number of nitriles is 1. The first-order valence-electron chi connectivity index (χ1n) is 6.38. The number of ether oxygens (including phenoxy) is 2. The summed E-state index contributed by atoms with van der Waals surface area (Å²) in [5, 5.41) is 12.0. The maximum absolute atomic E-state index is 12.6. The molecule has 0 saturated carbocycles. The monoisotopic (exact) mass is 300 g/mol. The van der Waals surface area contributed by atoms with Crippen LogP contribution in [0.25, 0.3) is 0 Å². The van der Waals surface area contributed by atoms with E-state index in [-0.39, 0.29) is 5.56 Å². The second kappa shape index (κ2) is 5.92. The van der Waals surface area contributed by atoms with Gasteiger partial charge in [0.15, 0.2) is 0 Å².